The van der Waals surface area contributed by atoms with Gasteiger partial charge in [-0.25, -0.2) is 8.78 Å². The van der Waals surface area contributed by atoms with E-state index in [0.717, 1.165) is 30.8 Å². The number of benzene rings is 2. The number of carbonyl (C=O) groups excluding carboxylic acids is 1. The molecule has 0 aromatic heterocycles. The molecule has 1 amide bonds. The number of likely N-dealkylation sites (tertiary alicyclic amines) is 1. The third kappa shape index (κ3) is 4.72. The van der Waals surface area contributed by atoms with Crippen LogP contribution in [0.25, 0.3) is 0 Å². The molecule has 1 N–H and O–H groups in total. The number of carbonyl (C=O) groups is 1. The average Bonchev–Trinajstić information content (AvgIpc) is 2.60. The van der Waals surface area contributed by atoms with Gasteiger partial charge in [0.25, 0.3) is 0 Å². The van der Waals surface area contributed by atoms with Gasteiger partial charge in [0.15, 0.2) is 0 Å². The zero-order valence-corrected chi connectivity index (χ0v) is 15.5. The van der Waals surface area contributed by atoms with Crippen LogP contribution in [-0.4, -0.2) is 23.9 Å². The molecule has 3 rings (SSSR count). The van der Waals surface area contributed by atoms with Gasteiger partial charge in [-0.05, 0) is 55.8 Å². The molecule has 1 saturated heterocycles. The minimum Gasteiger partial charge on any atom is -0.323 e. The Balaban J connectivity index is 1.53. The predicted molar refractivity (Wildman–Crippen MR) is 99.5 cm³/mol. The van der Waals surface area contributed by atoms with Crippen LogP contribution in [0.2, 0.25) is 10.0 Å². The highest BCUT2D eigenvalue weighted by Gasteiger charge is 2.26. The van der Waals surface area contributed by atoms with Crippen molar-refractivity contribution >= 4 is 34.8 Å². The Morgan fingerprint density at radius 1 is 1.12 bits per heavy atom. The van der Waals surface area contributed by atoms with Gasteiger partial charge in [0.2, 0.25) is 5.91 Å². The van der Waals surface area contributed by atoms with Crippen LogP contribution >= 0.6 is 23.2 Å². The normalized spacial score (nSPS) is 15.8. The molecule has 138 valence electrons. The van der Waals surface area contributed by atoms with Crippen molar-refractivity contribution in [3.63, 3.8) is 0 Å². The number of halogens is 4. The standard InChI is InChI=1S/C19H18Cl2F2N2O/c20-14-2-1-13(16(21)9-14)11-25-7-5-12(6-8-25)19(26)24-18-4-3-15(22)10-17(18)23/h1-4,9-10,12H,5-8,11H2,(H,24,26). The summed E-state index contributed by atoms with van der Waals surface area (Å²) in [5, 5.41) is 3.78. The molecule has 1 aliphatic rings. The molecular formula is C19H18Cl2F2N2O. The maximum Gasteiger partial charge on any atom is 0.227 e. The van der Waals surface area contributed by atoms with Gasteiger partial charge in [0.1, 0.15) is 11.6 Å². The lowest BCUT2D eigenvalue weighted by Gasteiger charge is -2.31. The van der Waals surface area contributed by atoms with Crippen molar-refractivity contribution in [1.29, 1.82) is 0 Å². The van der Waals surface area contributed by atoms with E-state index in [4.69, 9.17) is 23.2 Å². The molecular weight excluding hydrogens is 381 g/mol. The highest BCUT2D eigenvalue weighted by molar-refractivity contribution is 6.35. The summed E-state index contributed by atoms with van der Waals surface area (Å²) in [5.41, 5.74) is 0.999. The molecule has 2 aromatic carbocycles. The summed E-state index contributed by atoms with van der Waals surface area (Å²) in [6, 6.07) is 8.54. The first kappa shape index (κ1) is 19.1. The number of hydrogen-bond donors (Lipinski definition) is 1. The van der Waals surface area contributed by atoms with E-state index in [1.807, 2.05) is 6.07 Å². The molecule has 1 fully saturated rings. The predicted octanol–water partition coefficient (Wildman–Crippen LogP) is 5.12. The summed E-state index contributed by atoms with van der Waals surface area (Å²) >= 11 is 12.1. The third-order valence-electron chi connectivity index (χ3n) is 4.56. The van der Waals surface area contributed by atoms with Crippen LogP contribution in [0.15, 0.2) is 36.4 Å². The fourth-order valence-electron chi connectivity index (χ4n) is 3.07. The molecule has 0 radical (unpaired) electrons. The largest absolute Gasteiger partial charge is 0.323 e. The van der Waals surface area contributed by atoms with Gasteiger partial charge in [0, 0.05) is 28.6 Å². The second-order valence-electron chi connectivity index (χ2n) is 6.40. The smallest absolute Gasteiger partial charge is 0.227 e. The molecule has 0 saturated carbocycles. The third-order valence-corrected chi connectivity index (χ3v) is 5.14. The summed E-state index contributed by atoms with van der Waals surface area (Å²) in [4.78, 5) is 14.6. The SMILES string of the molecule is O=C(Nc1ccc(F)cc1F)C1CCN(Cc2ccc(Cl)cc2Cl)CC1. The van der Waals surface area contributed by atoms with E-state index in [1.165, 1.54) is 6.07 Å². The highest BCUT2D eigenvalue weighted by Crippen LogP contribution is 2.26. The first-order valence-electron chi connectivity index (χ1n) is 8.34. The van der Waals surface area contributed by atoms with E-state index in [-0.39, 0.29) is 17.5 Å². The van der Waals surface area contributed by atoms with Crippen LogP contribution in [-0.2, 0) is 11.3 Å². The van der Waals surface area contributed by atoms with Crippen molar-refractivity contribution in [2.24, 2.45) is 5.92 Å². The average molecular weight is 399 g/mol. The van der Waals surface area contributed by atoms with Crippen LogP contribution in [0.4, 0.5) is 14.5 Å². The fourth-order valence-corrected chi connectivity index (χ4v) is 3.54. The number of piperidine rings is 1. The number of anilines is 1. The van der Waals surface area contributed by atoms with Gasteiger partial charge >= 0.3 is 0 Å². The lowest BCUT2D eigenvalue weighted by Crippen LogP contribution is -2.37. The molecule has 1 aliphatic heterocycles. The minimum absolute atomic E-state index is 0.00627. The van der Waals surface area contributed by atoms with Gasteiger partial charge < -0.3 is 5.32 Å². The van der Waals surface area contributed by atoms with Gasteiger partial charge in [-0.3, -0.25) is 9.69 Å². The monoisotopic (exact) mass is 398 g/mol. The summed E-state index contributed by atoms with van der Waals surface area (Å²) < 4.78 is 26.6. The van der Waals surface area contributed by atoms with E-state index in [9.17, 15) is 13.6 Å². The molecule has 26 heavy (non-hydrogen) atoms. The summed E-state index contributed by atoms with van der Waals surface area (Å²) in [7, 11) is 0. The first-order chi connectivity index (χ1) is 12.4. The topological polar surface area (TPSA) is 32.3 Å². The number of rotatable bonds is 4. The van der Waals surface area contributed by atoms with Crippen molar-refractivity contribution < 1.29 is 13.6 Å². The maximum absolute atomic E-state index is 13.7. The Labute approximate surface area is 160 Å². The molecule has 3 nitrogen and oxygen atoms in total. The molecule has 0 spiro atoms. The van der Waals surface area contributed by atoms with E-state index in [0.29, 0.717) is 29.4 Å². The highest BCUT2D eigenvalue weighted by atomic mass is 35.5. The molecule has 0 unspecified atom stereocenters. The minimum atomic E-state index is -0.770. The van der Waals surface area contributed by atoms with Gasteiger partial charge in [0.05, 0.1) is 5.69 Å². The number of nitrogens with one attached hydrogen (secondary N) is 1. The quantitative estimate of drug-likeness (QED) is 0.774. The first-order valence-corrected chi connectivity index (χ1v) is 9.10. The summed E-state index contributed by atoms with van der Waals surface area (Å²) in [6.45, 7) is 2.17. The molecule has 1 heterocycles. The van der Waals surface area contributed by atoms with Crippen LogP contribution in [0.5, 0.6) is 0 Å². The molecule has 2 aromatic rings. The maximum atomic E-state index is 13.7. The lowest BCUT2D eigenvalue weighted by molar-refractivity contribution is -0.121. The van der Waals surface area contributed by atoms with Gasteiger partial charge in [-0.15, -0.1) is 0 Å². The number of amides is 1. The van der Waals surface area contributed by atoms with Crippen LogP contribution in [0.1, 0.15) is 18.4 Å². The van der Waals surface area contributed by atoms with Crippen molar-refractivity contribution in [3.8, 4) is 0 Å². The molecule has 0 atom stereocenters. The van der Waals surface area contributed by atoms with Gasteiger partial charge in [-0.1, -0.05) is 29.3 Å². The molecule has 0 aliphatic carbocycles. The van der Waals surface area contributed by atoms with Crippen molar-refractivity contribution in [2.45, 2.75) is 19.4 Å². The van der Waals surface area contributed by atoms with E-state index >= 15 is 0 Å². The van der Waals surface area contributed by atoms with E-state index in [1.54, 1.807) is 12.1 Å². The van der Waals surface area contributed by atoms with Crippen molar-refractivity contribution in [3.05, 3.63) is 63.6 Å². The Bertz CT molecular complexity index is 808. The van der Waals surface area contributed by atoms with E-state index < -0.39 is 11.6 Å². The zero-order chi connectivity index (χ0) is 18.7. The second kappa shape index (κ2) is 8.33. The lowest BCUT2D eigenvalue weighted by atomic mass is 9.95. The number of nitrogens with zero attached hydrogens (tertiary/aromatic N) is 1. The summed E-state index contributed by atoms with van der Waals surface area (Å²) in [5.74, 6) is -1.88. The van der Waals surface area contributed by atoms with Crippen LogP contribution in [0, 0.1) is 17.6 Å². The molecule has 7 heteroatoms. The fraction of sp³-hybridized carbons (Fsp3) is 0.316. The Morgan fingerprint density at radius 3 is 2.50 bits per heavy atom. The Kier molecular flexibility index (Phi) is 6.12. The van der Waals surface area contributed by atoms with Crippen LogP contribution < -0.4 is 5.32 Å². The van der Waals surface area contributed by atoms with Crippen molar-refractivity contribution in [2.75, 3.05) is 18.4 Å². The molecule has 0 bridgehead atoms. The second-order valence-corrected chi connectivity index (χ2v) is 7.24. The summed E-state index contributed by atoms with van der Waals surface area (Å²) in [6.07, 6.45) is 1.33. The Hall–Kier alpha value is -1.69. The zero-order valence-electron chi connectivity index (χ0n) is 13.9. The van der Waals surface area contributed by atoms with Crippen molar-refractivity contribution in [1.82, 2.24) is 4.90 Å². The van der Waals surface area contributed by atoms with E-state index in [2.05, 4.69) is 10.2 Å². The number of hydrogen-bond acceptors (Lipinski definition) is 2. The van der Waals surface area contributed by atoms with Crippen LogP contribution in [0.3, 0.4) is 0 Å². The van der Waals surface area contributed by atoms with Gasteiger partial charge in [-0.2, -0.15) is 0 Å². The Morgan fingerprint density at radius 2 is 1.85 bits per heavy atom.